The first-order chi connectivity index (χ1) is 9.54. The number of hydrogen-bond acceptors (Lipinski definition) is 2. The largest absolute Gasteiger partial charge is 0.359 e. The number of allylic oxidation sites excluding steroid dienone is 1. The molecule has 0 unspecified atom stereocenters. The Morgan fingerprint density at radius 1 is 1.10 bits per heavy atom. The summed E-state index contributed by atoms with van der Waals surface area (Å²) in [7, 11) is 0. The summed E-state index contributed by atoms with van der Waals surface area (Å²) in [4.78, 5) is 12.0. The lowest BCUT2D eigenvalue weighted by molar-refractivity contribution is 0.0993. The van der Waals surface area contributed by atoms with Crippen LogP contribution in [0.1, 0.15) is 16.8 Å². The van der Waals surface area contributed by atoms with E-state index in [1.54, 1.807) is 24.3 Å². The van der Waals surface area contributed by atoms with Crippen molar-refractivity contribution in [1.29, 1.82) is 0 Å². The van der Waals surface area contributed by atoms with E-state index in [0.717, 1.165) is 4.47 Å². The van der Waals surface area contributed by atoms with E-state index in [1.165, 1.54) is 12.1 Å². The third-order valence-corrected chi connectivity index (χ3v) is 3.23. The van der Waals surface area contributed by atoms with Crippen LogP contribution >= 0.6 is 15.9 Å². The van der Waals surface area contributed by atoms with Crippen LogP contribution in [0, 0.1) is 5.82 Å². The molecule has 0 fully saturated rings. The second kappa shape index (κ2) is 6.48. The van der Waals surface area contributed by atoms with Gasteiger partial charge in [-0.05, 0) is 36.4 Å². The predicted molar refractivity (Wildman–Crippen MR) is 82.3 cm³/mol. The lowest BCUT2D eigenvalue weighted by Crippen LogP contribution is -2.06. The summed E-state index contributed by atoms with van der Waals surface area (Å²) in [6.45, 7) is 3.82. The van der Waals surface area contributed by atoms with E-state index in [9.17, 15) is 9.18 Å². The molecule has 0 aliphatic heterocycles. The van der Waals surface area contributed by atoms with E-state index in [0.29, 0.717) is 16.9 Å². The minimum absolute atomic E-state index is 0.0166. The first kappa shape index (κ1) is 14.5. The number of anilines is 1. The van der Waals surface area contributed by atoms with Gasteiger partial charge in [0.25, 0.3) is 0 Å². The van der Waals surface area contributed by atoms with E-state index in [1.807, 2.05) is 12.1 Å². The van der Waals surface area contributed by atoms with Gasteiger partial charge in [-0.3, -0.25) is 4.79 Å². The Balaban J connectivity index is 1.95. The second-order valence-corrected chi connectivity index (χ2v) is 5.26. The molecule has 0 saturated heterocycles. The third kappa shape index (κ3) is 4.03. The maximum Gasteiger partial charge on any atom is 0.168 e. The molecule has 4 heteroatoms. The molecular weight excluding hydrogens is 321 g/mol. The molecule has 0 atom stereocenters. The maximum absolute atomic E-state index is 12.8. The molecule has 2 aromatic rings. The third-order valence-electron chi connectivity index (χ3n) is 2.71. The molecule has 0 spiro atoms. The Morgan fingerprint density at radius 3 is 2.30 bits per heavy atom. The van der Waals surface area contributed by atoms with Crippen molar-refractivity contribution in [3.8, 4) is 0 Å². The van der Waals surface area contributed by atoms with Gasteiger partial charge in [0, 0.05) is 21.4 Å². The van der Waals surface area contributed by atoms with E-state index >= 15 is 0 Å². The van der Waals surface area contributed by atoms with Crippen LogP contribution in [0.3, 0.4) is 0 Å². The van der Waals surface area contributed by atoms with Crippen molar-refractivity contribution >= 4 is 27.4 Å². The topological polar surface area (TPSA) is 29.1 Å². The van der Waals surface area contributed by atoms with E-state index < -0.39 is 0 Å². The summed E-state index contributed by atoms with van der Waals surface area (Å²) < 4.78 is 13.7. The normalized spacial score (nSPS) is 10.1. The highest BCUT2D eigenvalue weighted by Gasteiger charge is 2.08. The van der Waals surface area contributed by atoms with Gasteiger partial charge in [0.15, 0.2) is 5.78 Å². The van der Waals surface area contributed by atoms with E-state index in [2.05, 4.69) is 27.8 Å². The zero-order chi connectivity index (χ0) is 14.5. The van der Waals surface area contributed by atoms with Gasteiger partial charge >= 0.3 is 0 Å². The van der Waals surface area contributed by atoms with Crippen molar-refractivity contribution in [3.63, 3.8) is 0 Å². The van der Waals surface area contributed by atoms with Crippen molar-refractivity contribution in [3.05, 3.63) is 76.7 Å². The van der Waals surface area contributed by atoms with Gasteiger partial charge in [-0.2, -0.15) is 0 Å². The van der Waals surface area contributed by atoms with Gasteiger partial charge < -0.3 is 5.32 Å². The van der Waals surface area contributed by atoms with Gasteiger partial charge in [0.05, 0.1) is 6.42 Å². The van der Waals surface area contributed by atoms with Gasteiger partial charge in [0.2, 0.25) is 0 Å². The van der Waals surface area contributed by atoms with Crippen LogP contribution in [0.25, 0.3) is 0 Å². The maximum atomic E-state index is 12.8. The highest BCUT2D eigenvalue weighted by Crippen LogP contribution is 2.16. The zero-order valence-corrected chi connectivity index (χ0v) is 12.3. The molecule has 102 valence electrons. The number of ketones is 1. The quantitative estimate of drug-likeness (QED) is 0.797. The first-order valence-electron chi connectivity index (χ1n) is 6.04. The Kier molecular flexibility index (Phi) is 4.69. The van der Waals surface area contributed by atoms with Gasteiger partial charge in [-0.15, -0.1) is 0 Å². The second-order valence-electron chi connectivity index (χ2n) is 4.34. The van der Waals surface area contributed by atoms with Crippen molar-refractivity contribution in [2.24, 2.45) is 0 Å². The minimum atomic E-state index is -0.299. The van der Waals surface area contributed by atoms with Crippen LogP contribution < -0.4 is 5.32 Å². The minimum Gasteiger partial charge on any atom is -0.359 e. The molecular formula is C16H13BrFNO. The molecule has 0 aromatic heterocycles. The number of carbonyl (C=O) groups is 1. The van der Waals surface area contributed by atoms with E-state index in [-0.39, 0.29) is 18.0 Å². The summed E-state index contributed by atoms with van der Waals surface area (Å²) in [5, 5.41) is 2.99. The van der Waals surface area contributed by atoms with Crippen LogP contribution in [0.5, 0.6) is 0 Å². The van der Waals surface area contributed by atoms with Crippen molar-refractivity contribution < 1.29 is 9.18 Å². The van der Waals surface area contributed by atoms with Crippen molar-refractivity contribution in [2.75, 3.05) is 5.32 Å². The predicted octanol–water partition coefficient (Wildman–Crippen LogP) is 4.79. The van der Waals surface area contributed by atoms with Gasteiger partial charge in [-0.25, -0.2) is 4.39 Å². The summed E-state index contributed by atoms with van der Waals surface area (Å²) in [5.74, 6) is -0.316. The SMILES string of the molecule is C=C(CC(=O)c1ccc(Br)cc1)Nc1ccc(F)cc1. The molecule has 0 aliphatic carbocycles. The lowest BCUT2D eigenvalue weighted by atomic mass is 10.1. The first-order valence-corrected chi connectivity index (χ1v) is 6.83. The number of hydrogen-bond donors (Lipinski definition) is 1. The highest BCUT2D eigenvalue weighted by atomic mass is 79.9. The summed E-state index contributed by atoms with van der Waals surface area (Å²) >= 11 is 3.32. The van der Waals surface area contributed by atoms with Gasteiger partial charge in [0.1, 0.15) is 5.82 Å². The fraction of sp³-hybridized carbons (Fsp3) is 0.0625. The zero-order valence-electron chi connectivity index (χ0n) is 10.7. The summed E-state index contributed by atoms with van der Waals surface area (Å²) in [6.07, 6.45) is 0.193. The van der Waals surface area contributed by atoms with Crippen LogP contribution in [0.15, 0.2) is 65.3 Å². The smallest absolute Gasteiger partial charge is 0.168 e. The molecule has 0 radical (unpaired) electrons. The molecule has 0 heterocycles. The number of nitrogens with one attached hydrogen (secondary N) is 1. The number of halogens is 2. The molecule has 1 N–H and O–H groups in total. The molecule has 20 heavy (non-hydrogen) atoms. The number of carbonyl (C=O) groups excluding carboxylic acids is 1. The Bertz CT molecular complexity index is 620. The Labute approximate surface area is 125 Å². The van der Waals surface area contributed by atoms with Crippen molar-refractivity contribution in [1.82, 2.24) is 0 Å². The van der Waals surface area contributed by atoms with E-state index in [4.69, 9.17) is 0 Å². The Hall–Kier alpha value is -1.94. The highest BCUT2D eigenvalue weighted by molar-refractivity contribution is 9.10. The van der Waals surface area contributed by atoms with Crippen LogP contribution in [-0.2, 0) is 0 Å². The molecule has 0 aliphatic rings. The Morgan fingerprint density at radius 2 is 1.70 bits per heavy atom. The fourth-order valence-electron chi connectivity index (χ4n) is 1.71. The fourth-order valence-corrected chi connectivity index (χ4v) is 1.98. The standard InChI is InChI=1S/C16H13BrFNO/c1-11(19-15-8-6-14(18)7-9-15)10-16(20)12-2-4-13(17)5-3-12/h2-9,19H,1,10H2. The van der Waals surface area contributed by atoms with Gasteiger partial charge in [-0.1, -0.05) is 34.6 Å². The van der Waals surface area contributed by atoms with Crippen LogP contribution in [-0.4, -0.2) is 5.78 Å². The average Bonchev–Trinajstić information content (AvgIpc) is 2.42. The lowest BCUT2D eigenvalue weighted by Gasteiger charge is -2.09. The molecule has 0 saturated carbocycles. The van der Waals surface area contributed by atoms with Crippen LogP contribution in [0.4, 0.5) is 10.1 Å². The molecule has 0 bridgehead atoms. The molecule has 2 aromatic carbocycles. The number of benzene rings is 2. The van der Waals surface area contributed by atoms with Crippen molar-refractivity contribution in [2.45, 2.75) is 6.42 Å². The number of rotatable bonds is 5. The molecule has 0 amide bonds. The summed E-state index contributed by atoms with van der Waals surface area (Å²) in [6, 6.07) is 13.1. The molecule has 2 nitrogen and oxygen atoms in total. The van der Waals surface area contributed by atoms with Crippen LogP contribution in [0.2, 0.25) is 0 Å². The average molecular weight is 334 g/mol. The monoisotopic (exact) mass is 333 g/mol. The molecule has 2 rings (SSSR count). The number of Topliss-reactive ketones (excluding diaryl/α,β-unsaturated/α-hetero) is 1. The summed E-state index contributed by atoms with van der Waals surface area (Å²) in [5.41, 5.74) is 1.92.